The highest BCUT2D eigenvalue weighted by Crippen LogP contribution is 2.27. The number of ether oxygens (including phenoxy) is 2. The smallest absolute Gasteiger partial charge is 0.369 e. The molecule has 0 saturated carbocycles. The van der Waals surface area contributed by atoms with E-state index >= 15 is 0 Å². The van der Waals surface area contributed by atoms with Gasteiger partial charge in [0.2, 0.25) is 5.01 Å². The van der Waals surface area contributed by atoms with E-state index in [0.29, 0.717) is 17.6 Å². The molecule has 0 unspecified atom stereocenters. The second kappa shape index (κ2) is 6.42. The lowest BCUT2D eigenvalue weighted by molar-refractivity contribution is 0.0525. The van der Waals surface area contributed by atoms with Gasteiger partial charge in [-0.1, -0.05) is 12.0 Å². The number of aromatic nitrogens is 3. The molecule has 0 fully saturated rings. The molecular formula is C13H15N3O3S. The Balaban J connectivity index is 2.16. The molecule has 0 aliphatic heterocycles. The van der Waals surface area contributed by atoms with Crippen molar-refractivity contribution in [3.8, 4) is 10.9 Å². The highest BCUT2D eigenvalue weighted by molar-refractivity contribution is 7.14. The first-order valence-corrected chi connectivity index (χ1v) is 7.10. The van der Waals surface area contributed by atoms with Crippen molar-refractivity contribution >= 4 is 17.3 Å². The maximum atomic E-state index is 11.5. The van der Waals surface area contributed by atoms with Crippen LogP contribution in [0, 0.1) is 6.92 Å². The van der Waals surface area contributed by atoms with Crippen LogP contribution in [-0.4, -0.2) is 27.8 Å². The third kappa shape index (κ3) is 3.30. The predicted molar refractivity (Wildman–Crippen MR) is 74.3 cm³/mol. The van der Waals surface area contributed by atoms with Gasteiger partial charge < -0.3 is 9.47 Å². The van der Waals surface area contributed by atoms with Gasteiger partial charge in [0.1, 0.15) is 0 Å². The molecule has 2 aromatic rings. The van der Waals surface area contributed by atoms with Gasteiger partial charge in [-0.3, -0.25) is 4.98 Å². The summed E-state index contributed by atoms with van der Waals surface area (Å²) in [6.07, 6.45) is 0.751. The van der Waals surface area contributed by atoms with Gasteiger partial charge in [-0.05, 0) is 43.7 Å². The van der Waals surface area contributed by atoms with Gasteiger partial charge in [0.15, 0.2) is 5.75 Å². The van der Waals surface area contributed by atoms with Crippen LogP contribution in [0.2, 0.25) is 0 Å². The fourth-order valence-corrected chi connectivity index (χ4v) is 2.17. The summed E-state index contributed by atoms with van der Waals surface area (Å²) < 4.78 is 10.5. The van der Waals surface area contributed by atoms with Gasteiger partial charge in [-0.15, -0.1) is 5.10 Å². The van der Waals surface area contributed by atoms with Crippen LogP contribution in [0.5, 0.6) is 10.9 Å². The Morgan fingerprint density at radius 1 is 1.30 bits per heavy atom. The largest absolute Gasteiger partial charge is 0.461 e. The number of rotatable bonds is 5. The Morgan fingerprint density at radius 3 is 2.80 bits per heavy atom. The van der Waals surface area contributed by atoms with Crippen LogP contribution in [-0.2, 0) is 11.2 Å². The molecule has 0 bridgehead atoms. The number of hydrogen-bond acceptors (Lipinski definition) is 7. The van der Waals surface area contributed by atoms with Gasteiger partial charge in [-0.25, -0.2) is 4.79 Å². The first kappa shape index (κ1) is 14.4. The minimum Gasteiger partial charge on any atom is -0.461 e. The standard InChI is InChI=1S/C13H15N3O3S/c1-4-9-10(7-6-8(3)14-9)19-13-16-15-11(20-13)12(17)18-5-2/h6-7H,4-5H2,1-3H3. The van der Waals surface area contributed by atoms with Crippen LogP contribution in [0.15, 0.2) is 12.1 Å². The van der Waals surface area contributed by atoms with Crippen molar-refractivity contribution in [1.82, 2.24) is 15.2 Å². The highest BCUT2D eigenvalue weighted by Gasteiger charge is 2.16. The summed E-state index contributed by atoms with van der Waals surface area (Å²) in [6, 6.07) is 3.70. The molecule has 0 spiro atoms. The molecule has 106 valence electrons. The van der Waals surface area contributed by atoms with E-state index in [9.17, 15) is 4.79 Å². The molecule has 7 heteroatoms. The Kier molecular flexibility index (Phi) is 4.62. The van der Waals surface area contributed by atoms with Crippen LogP contribution in [0.1, 0.15) is 35.0 Å². The highest BCUT2D eigenvalue weighted by atomic mass is 32.1. The Morgan fingerprint density at radius 2 is 2.10 bits per heavy atom. The van der Waals surface area contributed by atoms with E-state index < -0.39 is 5.97 Å². The van der Waals surface area contributed by atoms with Gasteiger partial charge in [0.05, 0.1) is 12.3 Å². The summed E-state index contributed by atoms with van der Waals surface area (Å²) in [6.45, 7) is 5.96. The molecular weight excluding hydrogens is 278 g/mol. The summed E-state index contributed by atoms with van der Waals surface area (Å²) >= 11 is 1.05. The Bertz CT molecular complexity index is 613. The molecule has 0 aliphatic rings. The topological polar surface area (TPSA) is 74.2 Å². The number of carbonyl (C=O) groups excluding carboxylic acids is 1. The molecule has 2 aromatic heterocycles. The zero-order valence-electron chi connectivity index (χ0n) is 11.5. The molecule has 2 heterocycles. The number of pyridine rings is 1. The summed E-state index contributed by atoms with van der Waals surface area (Å²) in [5.74, 6) is 0.141. The number of nitrogens with zero attached hydrogens (tertiary/aromatic N) is 3. The van der Waals surface area contributed by atoms with Crippen LogP contribution >= 0.6 is 11.3 Å². The quantitative estimate of drug-likeness (QED) is 0.789. The molecule has 0 aromatic carbocycles. The van der Waals surface area contributed by atoms with Crippen LogP contribution in [0.4, 0.5) is 0 Å². The maximum Gasteiger partial charge on any atom is 0.369 e. The number of esters is 1. The zero-order chi connectivity index (χ0) is 14.5. The summed E-state index contributed by atoms with van der Waals surface area (Å²) in [4.78, 5) is 15.9. The van der Waals surface area contributed by atoms with Crippen LogP contribution < -0.4 is 4.74 Å². The first-order chi connectivity index (χ1) is 9.63. The van der Waals surface area contributed by atoms with Crippen molar-refractivity contribution in [2.45, 2.75) is 27.2 Å². The monoisotopic (exact) mass is 293 g/mol. The number of carbonyl (C=O) groups is 1. The van der Waals surface area contributed by atoms with E-state index in [1.165, 1.54) is 0 Å². The fraction of sp³-hybridized carbons (Fsp3) is 0.385. The van der Waals surface area contributed by atoms with E-state index in [-0.39, 0.29) is 5.01 Å². The van der Waals surface area contributed by atoms with Crippen molar-refractivity contribution in [2.24, 2.45) is 0 Å². The minimum absolute atomic E-state index is 0.181. The van der Waals surface area contributed by atoms with Crippen molar-refractivity contribution in [3.63, 3.8) is 0 Å². The summed E-state index contributed by atoms with van der Waals surface area (Å²) in [5, 5.41) is 8.06. The van der Waals surface area contributed by atoms with Crippen molar-refractivity contribution < 1.29 is 14.3 Å². The van der Waals surface area contributed by atoms with Crippen molar-refractivity contribution in [3.05, 3.63) is 28.5 Å². The van der Waals surface area contributed by atoms with Crippen LogP contribution in [0.3, 0.4) is 0 Å². The maximum absolute atomic E-state index is 11.5. The number of aryl methyl sites for hydroxylation is 2. The third-order valence-electron chi connectivity index (χ3n) is 2.46. The zero-order valence-corrected chi connectivity index (χ0v) is 12.4. The fourth-order valence-electron chi connectivity index (χ4n) is 1.56. The van der Waals surface area contributed by atoms with Crippen LogP contribution in [0.25, 0.3) is 0 Å². The predicted octanol–water partition coefficient (Wildman–Crippen LogP) is 2.77. The second-order valence-corrected chi connectivity index (χ2v) is 4.89. The lowest BCUT2D eigenvalue weighted by atomic mass is 10.2. The Labute approximate surface area is 120 Å². The van der Waals surface area contributed by atoms with Crippen molar-refractivity contribution in [2.75, 3.05) is 6.61 Å². The third-order valence-corrected chi connectivity index (χ3v) is 3.24. The molecule has 0 amide bonds. The molecule has 0 atom stereocenters. The van der Waals surface area contributed by atoms with Gasteiger partial charge in [0.25, 0.3) is 5.19 Å². The van der Waals surface area contributed by atoms with E-state index in [1.54, 1.807) is 6.92 Å². The lowest BCUT2D eigenvalue weighted by Gasteiger charge is -2.06. The average molecular weight is 293 g/mol. The SMILES string of the molecule is CCOC(=O)c1nnc(Oc2ccc(C)nc2CC)s1. The number of hydrogen-bond donors (Lipinski definition) is 0. The molecule has 2 rings (SSSR count). The molecule has 0 N–H and O–H groups in total. The minimum atomic E-state index is -0.488. The van der Waals surface area contributed by atoms with Gasteiger partial charge in [-0.2, -0.15) is 0 Å². The normalized spacial score (nSPS) is 10.3. The first-order valence-electron chi connectivity index (χ1n) is 6.29. The van der Waals surface area contributed by atoms with Gasteiger partial charge >= 0.3 is 5.97 Å². The average Bonchev–Trinajstić information content (AvgIpc) is 2.89. The lowest BCUT2D eigenvalue weighted by Crippen LogP contribution is -2.03. The summed E-state index contributed by atoms with van der Waals surface area (Å²) in [5.41, 5.74) is 1.77. The van der Waals surface area contributed by atoms with E-state index in [1.807, 2.05) is 26.0 Å². The van der Waals surface area contributed by atoms with E-state index in [4.69, 9.17) is 9.47 Å². The van der Waals surface area contributed by atoms with Gasteiger partial charge in [0, 0.05) is 5.69 Å². The molecule has 0 saturated heterocycles. The van der Waals surface area contributed by atoms with E-state index in [2.05, 4.69) is 15.2 Å². The summed E-state index contributed by atoms with van der Waals surface area (Å²) in [7, 11) is 0. The van der Waals surface area contributed by atoms with Crippen molar-refractivity contribution in [1.29, 1.82) is 0 Å². The Hall–Kier alpha value is -2.02. The van der Waals surface area contributed by atoms with E-state index in [0.717, 1.165) is 29.1 Å². The second-order valence-electron chi connectivity index (χ2n) is 3.95. The molecule has 20 heavy (non-hydrogen) atoms. The molecule has 6 nitrogen and oxygen atoms in total. The molecule has 0 aliphatic carbocycles. The molecule has 0 radical (unpaired) electrons.